The van der Waals surface area contributed by atoms with Gasteiger partial charge in [-0.3, -0.25) is 4.79 Å². The summed E-state index contributed by atoms with van der Waals surface area (Å²) in [7, 11) is 0. The second kappa shape index (κ2) is 16.1. The maximum atomic E-state index is 12.6. The summed E-state index contributed by atoms with van der Waals surface area (Å²) in [6.07, 6.45) is 13.4. The van der Waals surface area contributed by atoms with Gasteiger partial charge in [-0.1, -0.05) is 102 Å². The van der Waals surface area contributed by atoms with Gasteiger partial charge in [-0.05, 0) is 37.5 Å². The average Bonchev–Trinajstić information content (AvgIpc) is 3.06. The van der Waals surface area contributed by atoms with Gasteiger partial charge in [0.25, 0.3) is 5.91 Å². The van der Waals surface area contributed by atoms with Crippen LogP contribution >= 0.6 is 11.8 Å². The van der Waals surface area contributed by atoms with E-state index in [1.165, 1.54) is 37.4 Å². The number of carbonyl (C=O) groups excluding carboxylic acids is 1. The predicted octanol–water partition coefficient (Wildman–Crippen LogP) is 7.47. The van der Waals surface area contributed by atoms with Gasteiger partial charge in [0.15, 0.2) is 0 Å². The Kier molecular flexibility index (Phi) is 15.1. The van der Waals surface area contributed by atoms with Gasteiger partial charge in [0.05, 0.1) is 10.6 Å². The van der Waals surface area contributed by atoms with E-state index in [-0.39, 0.29) is 11.9 Å². The lowest BCUT2D eigenvalue weighted by Crippen LogP contribution is -2.41. The number of allylic oxidation sites excluding steroid dienone is 5. The Balaban J connectivity index is 0.00000143. The molecule has 1 aromatic rings. The highest BCUT2D eigenvalue weighted by Gasteiger charge is 2.27. The van der Waals surface area contributed by atoms with E-state index in [1.54, 1.807) is 6.08 Å². The SMILES string of the molecule is C=C/C=C\C=C(/C)Sc1c(C)noc1C(=O)N[C@@H]1CCCCC1C.CC.CCC. The zero-order valence-electron chi connectivity index (χ0n) is 19.4. The molecule has 0 aliphatic heterocycles. The number of aromatic nitrogens is 1. The Morgan fingerprint density at radius 3 is 2.48 bits per heavy atom. The number of amides is 1. The number of nitrogens with zero attached hydrogens (tertiary/aromatic N) is 1. The topological polar surface area (TPSA) is 55.1 Å². The number of aryl methyl sites for hydroxylation is 1. The fraction of sp³-hybridized carbons (Fsp3) is 0.583. The molecule has 1 aliphatic carbocycles. The Morgan fingerprint density at radius 2 is 1.90 bits per heavy atom. The van der Waals surface area contributed by atoms with Crippen molar-refractivity contribution in [3.63, 3.8) is 0 Å². The van der Waals surface area contributed by atoms with Gasteiger partial charge in [0, 0.05) is 6.04 Å². The standard InChI is InChI=1S/C19H26N2O2S.C3H8.C2H6/c1-5-6-7-11-14(3)24-18-15(4)21-23-17(18)19(22)20-16-12-9-8-10-13(16)2;1-3-2;1-2/h5-7,11,13,16H,1,8-10,12H2,2-4H3,(H,20,22);3H2,1-2H3;1-2H3/b7-6-,14-11+;;/t13?,16-;;/m1../s1. The first-order valence-corrected chi connectivity index (χ1v) is 11.7. The molecule has 0 aromatic carbocycles. The molecular weight excluding hydrogens is 380 g/mol. The molecule has 0 bridgehead atoms. The number of nitrogens with one attached hydrogen (secondary N) is 1. The first-order chi connectivity index (χ1) is 13.9. The molecule has 2 rings (SSSR count). The van der Waals surface area contributed by atoms with Crippen LogP contribution in [0.2, 0.25) is 0 Å². The summed E-state index contributed by atoms with van der Waals surface area (Å²) in [6, 6.07) is 0.224. The number of hydrogen-bond donors (Lipinski definition) is 1. The van der Waals surface area contributed by atoms with Crippen LogP contribution < -0.4 is 5.32 Å². The second-order valence-electron chi connectivity index (χ2n) is 6.98. The largest absolute Gasteiger partial charge is 0.350 e. The van der Waals surface area contributed by atoms with Crippen molar-refractivity contribution >= 4 is 17.7 Å². The predicted molar refractivity (Wildman–Crippen MR) is 126 cm³/mol. The van der Waals surface area contributed by atoms with Crippen LogP contribution in [0.1, 0.15) is 89.9 Å². The highest BCUT2D eigenvalue weighted by atomic mass is 32.2. The summed E-state index contributed by atoms with van der Waals surface area (Å²) in [5, 5.41) is 7.11. The maximum Gasteiger partial charge on any atom is 0.291 e. The summed E-state index contributed by atoms with van der Waals surface area (Å²) in [5.41, 5.74) is 0.738. The molecule has 2 atom stereocenters. The molecule has 1 N–H and O–H groups in total. The van der Waals surface area contributed by atoms with Gasteiger partial charge in [-0.15, -0.1) is 0 Å². The monoisotopic (exact) mass is 420 g/mol. The first-order valence-electron chi connectivity index (χ1n) is 10.8. The summed E-state index contributed by atoms with van der Waals surface area (Å²) < 4.78 is 5.32. The molecule has 1 heterocycles. The third kappa shape index (κ3) is 10.0. The summed E-state index contributed by atoms with van der Waals surface area (Å²) in [5.74, 6) is 0.663. The molecule has 1 amide bonds. The van der Waals surface area contributed by atoms with E-state index in [0.717, 1.165) is 21.9 Å². The first kappa shape index (κ1) is 27.2. The molecule has 5 heteroatoms. The van der Waals surface area contributed by atoms with Crippen LogP contribution in [-0.4, -0.2) is 17.1 Å². The zero-order valence-corrected chi connectivity index (χ0v) is 20.2. The van der Waals surface area contributed by atoms with Gasteiger partial charge in [0.1, 0.15) is 0 Å². The zero-order chi connectivity index (χ0) is 22.2. The van der Waals surface area contributed by atoms with Crippen molar-refractivity contribution in [3.05, 3.63) is 47.2 Å². The van der Waals surface area contributed by atoms with E-state index >= 15 is 0 Å². The molecular formula is C24H40N2O2S. The minimum atomic E-state index is -0.161. The second-order valence-corrected chi connectivity index (χ2v) is 8.23. The molecule has 1 fully saturated rings. The van der Waals surface area contributed by atoms with Gasteiger partial charge in [-0.25, -0.2) is 0 Å². The van der Waals surface area contributed by atoms with Crippen LogP contribution in [0.25, 0.3) is 0 Å². The molecule has 1 aliphatic rings. The molecule has 164 valence electrons. The van der Waals surface area contributed by atoms with Crippen molar-refractivity contribution in [1.29, 1.82) is 0 Å². The van der Waals surface area contributed by atoms with E-state index in [2.05, 4.69) is 37.8 Å². The number of carbonyl (C=O) groups is 1. The van der Waals surface area contributed by atoms with Crippen molar-refractivity contribution in [2.24, 2.45) is 5.92 Å². The van der Waals surface area contributed by atoms with Gasteiger partial charge in [0.2, 0.25) is 5.76 Å². The minimum absolute atomic E-state index is 0.161. The number of rotatable bonds is 6. The van der Waals surface area contributed by atoms with E-state index in [0.29, 0.717) is 11.7 Å². The number of hydrogen-bond acceptors (Lipinski definition) is 4. The summed E-state index contributed by atoms with van der Waals surface area (Å²) in [6.45, 7) is 17.9. The molecule has 4 nitrogen and oxygen atoms in total. The van der Waals surface area contributed by atoms with Crippen molar-refractivity contribution in [3.8, 4) is 0 Å². The van der Waals surface area contributed by atoms with Crippen molar-refractivity contribution in [2.75, 3.05) is 0 Å². The summed E-state index contributed by atoms with van der Waals surface area (Å²) >= 11 is 1.50. The molecule has 0 spiro atoms. The lowest BCUT2D eigenvalue weighted by atomic mass is 9.86. The van der Waals surface area contributed by atoms with Crippen LogP contribution in [-0.2, 0) is 0 Å². The summed E-state index contributed by atoms with van der Waals surface area (Å²) in [4.78, 5) is 14.5. The maximum absolute atomic E-state index is 12.6. The molecule has 1 aromatic heterocycles. The molecule has 29 heavy (non-hydrogen) atoms. The van der Waals surface area contributed by atoms with E-state index in [1.807, 2.05) is 45.9 Å². The van der Waals surface area contributed by atoms with Crippen LogP contribution in [0.3, 0.4) is 0 Å². The Morgan fingerprint density at radius 1 is 1.28 bits per heavy atom. The average molecular weight is 421 g/mol. The lowest BCUT2D eigenvalue weighted by Gasteiger charge is -2.29. The Hall–Kier alpha value is -1.75. The Bertz CT molecular complexity index is 662. The molecule has 1 unspecified atom stereocenters. The lowest BCUT2D eigenvalue weighted by molar-refractivity contribution is 0.0868. The molecule has 1 saturated carbocycles. The smallest absolute Gasteiger partial charge is 0.291 e. The van der Waals surface area contributed by atoms with E-state index in [4.69, 9.17) is 4.52 Å². The van der Waals surface area contributed by atoms with Crippen molar-refractivity contribution in [2.45, 2.75) is 91.5 Å². The van der Waals surface area contributed by atoms with Crippen LogP contribution in [0.15, 0.2) is 45.2 Å². The van der Waals surface area contributed by atoms with Gasteiger partial charge < -0.3 is 9.84 Å². The third-order valence-electron chi connectivity index (χ3n) is 4.28. The number of thioether (sulfide) groups is 1. The van der Waals surface area contributed by atoms with Crippen LogP contribution in [0.5, 0.6) is 0 Å². The minimum Gasteiger partial charge on any atom is -0.350 e. The van der Waals surface area contributed by atoms with E-state index < -0.39 is 0 Å². The van der Waals surface area contributed by atoms with Crippen LogP contribution in [0, 0.1) is 12.8 Å². The van der Waals surface area contributed by atoms with Crippen LogP contribution in [0.4, 0.5) is 0 Å². The quantitative estimate of drug-likeness (QED) is 0.383. The van der Waals surface area contributed by atoms with E-state index in [9.17, 15) is 4.79 Å². The highest BCUT2D eigenvalue weighted by molar-refractivity contribution is 8.03. The van der Waals surface area contributed by atoms with Crippen molar-refractivity contribution < 1.29 is 9.32 Å². The normalized spacial score (nSPS) is 18.9. The highest BCUT2D eigenvalue weighted by Crippen LogP contribution is 2.33. The molecule has 0 radical (unpaired) electrons. The van der Waals surface area contributed by atoms with Gasteiger partial charge >= 0.3 is 0 Å². The third-order valence-corrected chi connectivity index (χ3v) is 5.43. The molecule has 0 saturated heterocycles. The fourth-order valence-corrected chi connectivity index (χ4v) is 3.73. The Labute approximate surface area is 182 Å². The fourth-order valence-electron chi connectivity index (χ4n) is 2.86. The van der Waals surface area contributed by atoms with Gasteiger partial charge in [-0.2, -0.15) is 0 Å². The van der Waals surface area contributed by atoms with Crippen molar-refractivity contribution in [1.82, 2.24) is 10.5 Å².